The number of methoxy groups -OCH3 is 2. The van der Waals surface area contributed by atoms with Gasteiger partial charge in [-0.05, 0) is 42.7 Å². The quantitative estimate of drug-likeness (QED) is 0.304. The molecule has 0 saturated carbocycles. The monoisotopic (exact) mass is 404 g/mol. The molecule has 0 bridgehead atoms. The first-order chi connectivity index (χ1) is 13.6. The Morgan fingerprint density at radius 3 is 2.61 bits per heavy atom. The van der Waals surface area contributed by atoms with Crippen LogP contribution in [0, 0.1) is 0 Å². The fourth-order valence-corrected chi connectivity index (χ4v) is 2.62. The number of nitrogens with one attached hydrogen (secondary N) is 2. The van der Waals surface area contributed by atoms with Gasteiger partial charge in [-0.2, -0.15) is 0 Å². The number of pyridine rings is 1. The lowest BCUT2D eigenvalue weighted by atomic mass is 10.1. The van der Waals surface area contributed by atoms with Gasteiger partial charge in [-0.3, -0.25) is 0 Å². The van der Waals surface area contributed by atoms with Gasteiger partial charge in [0.1, 0.15) is 16.5 Å². The van der Waals surface area contributed by atoms with Crippen molar-refractivity contribution < 1.29 is 14.3 Å². The highest BCUT2D eigenvalue weighted by molar-refractivity contribution is 6.29. The Balaban J connectivity index is 1.99. The van der Waals surface area contributed by atoms with E-state index in [-0.39, 0.29) is 0 Å². The van der Waals surface area contributed by atoms with Crippen molar-refractivity contribution in [2.75, 3.05) is 27.3 Å². The molecule has 8 heteroatoms. The molecule has 0 spiro atoms. The first kappa shape index (κ1) is 21.5. The number of hydrogen-bond donors (Lipinski definition) is 2. The summed E-state index contributed by atoms with van der Waals surface area (Å²) in [5.74, 6) is 0.742. The maximum atomic E-state index is 11.7. The lowest BCUT2D eigenvalue weighted by molar-refractivity contribution is 0.0597. The Morgan fingerprint density at radius 2 is 1.96 bits per heavy atom. The predicted molar refractivity (Wildman–Crippen MR) is 110 cm³/mol. The van der Waals surface area contributed by atoms with Gasteiger partial charge >= 0.3 is 5.97 Å². The van der Waals surface area contributed by atoms with E-state index in [0.29, 0.717) is 35.5 Å². The summed E-state index contributed by atoms with van der Waals surface area (Å²) in [5, 5.41) is 6.99. The van der Waals surface area contributed by atoms with Gasteiger partial charge in [-0.1, -0.05) is 23.7 Å². The van der Waals surface area contributed by atoms with E-state index in [1.165, 1.54) is 14.2 Å². The molecule has 1 aromatic heterocycles. The van der Waals surface area contributed by atoms with Gasteiger partial charge in [0.05, 0.1) is 20.8 Å². The molecular formula is C20H25ClN4O3. The van der Waals surface area contributed by atoms with Crippen LogP contribution in [-0.4, -0.2) is 44.2 Å². The molecule has 0 atom stereocenters. The Kier molecular flexibility index (Phi) is 8.55. The van der Waals surface area contributed by atoms with Crippen molar-refractivity contribution in [1.29, 1.82) is 0 Å². The summed E-state index contributed by atoms with van der Waals surface area (Å²) in [5.41, 5.74) is 2.40. The number of ether oxygens (including phenoxy) is 2. The fraction of sp³-hybridized carbons (Fsp3) is 0.350. The van der Waals surface area contributed by atoms with Crippen LogP contribution in [0.5, 0.6) is 5.75 Å². The van der Waals surface area contributed by atoms with Crippen LogP contribution in [0.4, 0.5) is 0 Å². The number of carbonyl (C=O) groups excluding carboxylic acids is 1. The summed E-state index contributed by atoms with van der Waals surface area (Å²) in [4.78, 5) is 20.4. The number of rotatable bonds is 8. The SMILES string of the molecule is CCNC(=NCc1ccc(C(=O)OC)c(OC)c1)NCCc1ccc(Cl)nc1. The normalized spacial score (nSPS) is 11.1. The number of aromatic nitrogens is 1. The van der Waals surface area contributed by atoms with E-state index in [9.17, 15) is 4.79 Å². The molecule has 0 saturated heterocycles. The molecule has 0 unspecified atom stereocenters. The van der Waals surface area contributed by atoms with E-state index in [2.05, 4.69) is 20.6 Å². The van der Waals surface area contributed by atoms with Gasteiger partial charge in [-0.15, -0.1) is 0 Å². The molecule has 0 radical (unpaired) electrons. The number of esters is 1. The second kappa shape index (κ2) is 11.1. The van der Waals surface area contributed by atoms with Crippen LogP contribution in [0.3, 0.4) is 0 Å². The summed E-state index contributed by atoms with van der Waals surface area (Å²) < 4.78 is 10.0. The minimum atomic E-state index is -0.432. The molecule has 0 aliphatic carbocycles. The third kappa shape index (κ3) is 6.42. The number of carbonyl (C=O) groups is 1. The van der Waals surface area contributed by atoms with E-state index in [0.717, 1.165) is 24.1 Å². The van der Waals surface area contributed by atoms with Crippen molar-refractivity contribution >= 4 is 23.5 Å². The molecule has 2 aromatic rings. The molecule has 0 fully saturated rings. The number of aliphatic imine (C=N–C) groups is 1. The molecule has 1 aromatic carbocycles. The average Bonchev–Trinajstić information content (AvgIpc) is 2.72. The van der Waals surface area contributed by atoms with Gasteiger partial charge in [0.15, 0.2) is 5.96 Å². The maximum absolute atomic E-state index is 11.7. The van der Waals surface area contributed by atoms with Crippen LogP contribution in [-0.2, 0) is 17.7 Å². The highest BCUT2D eigenvalue weighted by atomic mass is 35.5. The Morgan fingerprint density at radius 1 is 1.18 bits per heavy atom. The standard InChI is InChI=1S/C20H25ClN4O3/c1-4-22-20(23-10-9-14-6-8-18(21)24-12-14)25-13-15-5-7-16(19(26)28-3)17(11-15)27-2/h5-8,11-12H,4,9-10,13H2,1-3H3,(H2,22,23,25). The summed E-state index contributed by atoms with van der Waals surface area (Å²) >= 11 is 5.80. The van der Waals surface area contributed by atoms with Gasteiger partial charge in [0, 0.05) is 19.3 Å². The van der Waals surface area contributed by atoms with Crippen LogP contribution in [0.2, 0.25) is 5.15 Å². The molecule has 2 N–H and O–H groups in total. The first-order valence-electron chi connectivity index (χ1n) is 8.95. The van der Waals surface area contributed by atoms with Gasteiger partial charge < -0.3 is 20.1 Å². The summed E-state index contributed by atoms with van der Waals surface area (Å²) in [6, 6.07) is 9.04. The van der Waals surface area contributed by atoms with E-state index >= 15 is 0 Å². The van der Waals surface area contributed by atoms with Crippen LogP contribution < -0.4 is 15.4 Å². The minimum absolute atomic E-state index is 0.388. The maximum Gasteiger partial charge on any atom is 0.341 e. The number of nitrogens with zero attached hydrogens (tertiary/aromatic N) is 2. The van der Waals surface area contributed by atoms with Crippen molar-refractivity contribution in [2.24, 2.45) is 4.99 Å². The number of halogens is 1. The zero-order chi connectivity index (χ0) is 20.4. The van der Waals surface area contributed by atoms with Crippen molar-refractivity contribution in [3.05, 3.63) is 58.4 Å². The summed E-state index contributed by atoms with van der Waals surface area (Å²) in [6.07, 6.45) is 2.57. The van der Waals surface area contributed by atoms with E-state index in [1.807, 2.05) is 19.1 Å². The molecule has 1 heterocycles. The average molecular weight is 405 g/mol. The van der Waals surface area contributed by atoms with Crippen LogP contribution >= 0.6 is 11.6 Å². The number of hydrogen-bond acceptors (Lipinski definition) is 5. The van der Waals surface area contributed by atoms with Crippen molar-refractivity contribution in [3.63, 3.8) is 0 Å². The summed E-state index contributed by atoms with van der Waals surface area (Å²) in [7, 11) is 2.86. The molecule has 0 amide bonds. The lowest BCUT2D eigenvalue weighted by Crippen LogP contribution is -2.38. The van der Waals surface area contributed by atoms with Crippen molar-refractivity contribution in [3.8, 4) is 5.75 Å². The van der Waals surface area contributed by atoms with Crippen LogP contribution in [0.25, 0.3) is 0 Å². The largest absolute Gasteiger partial charge is 0.496 e. The molecule has 0 aliphatic rings. The van der Waals surface area contributed by atoms with Crippen LogP contribution in [0.1, 0.15) is 28.4 Å². The molecule has 0 aliphatic heterocycles. The highest BCUT2D eigenvalue weighted by Gasteiger charge is 2.13. The number of benzene rings is 1. The second-order valence-electron chi connectivity index (χ2n) is 5.89. The van der Waals surface area contributed by atoms with Gasteiger partial charge in [-0.25, -0.2) is 14.8 Å². The Labute approximate surface area is 170 Å². The molecular weight excluding hydrogens is 380 g/mol. The van der Waals surface area contributed by atoms with E-state index in [1.54, 1.807) is 24.4 Å². The first-order valence-corrected chi connectivity index (χ1v) is 9.33. The molecule has 7 nitrogen and oxygen atoms in total. The minimum Gasteiger partial charge on any atom is -0.496 e. The Bertz CT molecular complexity index is 810. The molecule has 28 heavy (non-hydrogen) atoms. The molecule has 2 rings (SSSR count). The van der Waals surface area contributed by atoms with Crippen molar-refractivity contribution in [2.45, 2.75) is 19.9 Å². The zero-order valence-electron chi connectivity index (χ0n) is 16.3. The predicted octanol–water partition coefficient (Wildman–Crippen LogP) is 2.83. The highest BCUT2D eigenvalue weighted by Crippen LogP contribution is 2.21. The van der Waals surface area contributed by atoms with E-state index in [4.69, 9.17) is 21.1 Å². The van der Waals surface area contributed by atoms with Crippen molar-refractivity contribution in [1.82, 2.24) is 15.6 Å². The van der Waals surface area contributed by atoms with Gasteiger partial charge in [0.25, 0.3) is 0 Å². The second-order valence-corrected chi connectivity index (χ2v) is 6.27. The van der Waals surface area contributed by atoms with Crippen LogP contribution in [0.15, 0.2) is 41.5 Å². The lowest BCUT2D eigenvalue weighted by Gasteiger charge is -2.12. The fourth-order valence-electron chi connectivity index (χ4n) is 2.50. The molecule has 150 valence electrons. The summed E-state index contributed by atoms with van der Waals surface area (Å²) in [6.45, 7) is 3.91. The number of guanidine groups is 1. The third-order valence-corrected chi connectivity index (χ3v) is 4.15. The topological polar surface area (TPSA) is 84.8 Å². The van der Waals surface area contributed by atoms with Gasteiger partial charge in [0.2, 0.25) is 0 Å². The smallest absolute Gasteiger partial charge is 0.341 e. The third-order valence-electron chi connectivity index (χ3n) is 3.93. The zero-order valence-corrected chi connectivity index (χ0v) is 17.0. The Hall–Kier alpha value is -2.80. The van der Waals surface area contributed by atoms with E-state index < -0.39 is 5.97 Å².